The number of hydrogen-bond donors (Lipinski definition) is 1. The minimum atomic E-state index is 0.439. The summed E-state index contributed by atoms with van der Waals surface area (Å²) in [5.41, 5.74) is 1.74. The van der Waals surface area contributed by atoms with E-state index in [-0.39, 0.29) is 0 Å². The summed E-state index contributed by atoms with van der Waals surface area (Å²) in [6.07, 6.45) is 2.36. The van der Waals surface area contributed by atoms with Gasteiger partial charge in [-0.2, -0.15) is 5.26 Å². The Morgan fingerprint density at radius 1 is 1.35 bits per heavy atom. The van der Waals surface area contributed by atoms with Gasteiger partial charge in [0.15, 0.2) is 0 Å². The molecule has 0 aliphatic heterocycles. The van der Waals surface area contributed by atoms with Crippen LogP contribution in [-0.2, 0) is 0 Å². The van der Waals surface area contributed by atoms with Crippen LogP contribution in [0.5, 0.6) is 0 Å². The molecule has 1 rings (SSSR count). The Morgan fingerprint density at radius 3 is 2.47 bits per heavy atom. The first kappa shape index (κ1) is 14.1. The van der Waals surface area contributed by atoms with Crippen LogP contribution in [0, 0.1) is 17.2 Å². The SMILES string of the molecule is CCC(CC)C(C)Nc1ccc(C#N)cc1Br. The minimum Gasteiger partial charge on any atom is -0.381 e. The lowest BCUT2D eigenvalue weighted by atomic mass is 9.95. The molecule has 1 unspecified atom stereocenters. The summed E-state index contributed by atoms with van der Waals surface area (Å²) in [4.78, 5) is 0. The Hall–Kier alpha value is -1.01. The first-order chi connectivity index (χ1) is 8.12. The fraction of sp³-hybridized carbons (Fsp3) is 0.500. The molecule has 0 aliphatic rings. The number of nitrogens with one attached hydrogen (secondary N) is 1. The van der Waals surface area contributed by atoms with Crippen LogP contribution in [0.3, 0.4) is 0 Å². The first-order valence-corrected chi connectivity index (χ1v) is 6.87. The highest BCUT2D eigenvalue weighted by Crippen LogP contribution is 2.26. The molecule has 1 aromatic rings. The molecule has 0 saturated carbocycles. The van der Waals surface area contributed by atoms with E-state index in [0.29, 0.717) is 17.5 Å². The maximum atomic E-state index is 8.81. The molecule has 92 valence electrons. The zero-order valence-corrected chi connectivity index (χ0v) is 12.2. The molecule has 0 amide bonds. The maximum Gasteiger partial charge on any atom is 0.0992 e. The van der Waals surface area contributed by atoms with E-state index in [1.807, 2.05) is 18.2 Å². The summed E-state index contributed by atoms with van der Waals surface area (Å²) in [6.45, 7) is 6.66. The second kappa shape index (κ2) is 6.66. The lowest BCUT2D eigenvalue weighted by Crippen LogP contribution is -2.25. The number of rotatable bonds is 5. The highest BCUT2D eigenvalue weighted by molar-refractivity contribution is 9.10. The van der Waals surface area contributed by atoms with Crippen LogP contribution in [0.25, 0.3) is 0 Å². The second-order valence-corrected chi connectivity index (χ2v) is 5.17. The highest BCUT2D eigenvalue weighted by atomic mass is 79.9. The molecule has 0 saturated heterocycles. The fourth-order valence-corrected chi connectivity index (χ4v) is 2.55. The van der Waals surface area contributed by atoms with Crippen molar-refractivity contribution in [2.24, 2.45) is 5.92 Å². The van der Waals surface area contributed by atoms with E-state index in [1.54, 1.807) is 0 Å². The summed E-state index contributed by atoms with van der Waals surface area (Å²) >= 11 is 3.50. The van der Waals surface area contributed by atoms with Crippen LogP contribution in [0.15, 0.2) is 22.7 Å². The lowest BCUT2D eigenvalue weighted by molar-refractivity contribution is 0.438. The van der Waals surface area contributed by atoms with Crippen LogP contribution in [0.4, 0.5) is 5.69 Å². The average molecular weight is 295 g/mol. The average Bonchev–Trinajstić information content (AvgIpc) is 2.33. The Labute approximate surface area is 112 Å². The van der Waals surface area contributed by atoms with Crippen LogP contribution >= 0.6 is 15.9 Å². The van der Waals surface area contributed by atoms with E-state index < -0.39 is 0 Å². The predicted octanol–water partition coefficient (Wildman–Crippen LogP) is 4.56. The van der Waals surface area contributed by atoms with E-state index in [1.165, 1.54) is 12.8 Å². The summed E-state index contributed by atoms with van der Waals surface area (Å²) in [5, 5.41) is 12.3. The van der Waals surface area contributed by atoms with Crippen LogP contribution in [-0.4, -0.2) is 6.04 Å². The number of hydrogen-bond acceptors (Lipinski definition) is 2. The van der Waals surface area contributed by atoms with Gasteiger partial charge in [0.2, 0.25) is 0 Å². The van der Waals surface area contributed by atoms with Crippen molar-refractivity contribution in [3.8, 4) is 6.07 Å². The van der Waals surface area contributed by atoms with Gasteiger partial charge in [-0.1, -0.05) is 26.7 Å². The number of halogens is 1. The molecule has 0 aliphatic carbocycles. The van der Waals surface area contributed by atoms with Gasteiger partial charge in [-0.3, -0.25) is 0 Å². The highest BCUT2D eigenvalue weighted by Gasteiger charge is 2.14. The van der Waals surface area contributed by atoms with Crippen molar-refractivity contribution in [3.05, 3.63) is 28.2 Å². The van der Waals surface area contributed by atoms with Gasteiger partial charge in [-0.25, -0.2) is 0 Å². The summed E-state index contributed by atoms with van der Waals surface area (Å²) in [6, 6.07) is 8.22. The van der Waals surface area contributed by atoms with Crippen molar-refractivity contribution in [3.63, 3.8) is 0 Å². The van der Waals surface area contributed by atoms with E-state index in [2.05, 4.69) is 48.1 Å². The van der Waals surface area contributed by atoms with Gasteiger partial charge in [0.1, 0.15) is 0 Å². The third-order valence-corrected chi connectivity index (χ3v) is 3.89. The molecule has 17 heavy (non-hydrogen) atoms. The molecule has 1 N–H and O–H groups in total. The van der Waals surface area contributed by atoms with E-state index >= 15 is 0 Å². The lowest BCUT2D eigenvalue weighted by Gasteiger charge is -2.24. The summed E-state index contributed by atoms with van der Waals surface area (Å²) < 4.78 is 0.953. The van der Waals surface area contributed by atoms with Gasteiger partial charge in [0.05, 0.1) is 11.6 Å². The Balaban J connectivity index is 2.78. The third kappa shape index (κ3) is 3.74. The summed E-state index contributed by atoms with van der Waals surface area (Å²) in [7, 11) is 0. The molecule has 0 fully saturated rings. The van der Waals surface area contributed by atoms with Gasteiger partial charge in [-0.15, -0.1) is 0 Å². The van der Waals surface area contributed by atoms with Crippen molar-refractivity contribution in [1.82, 2.24) is 0 Å². The molecular weight excluding hydrogens is 276 g/mol. The van der Waals surface area contributed by atoms with Gasteiger partial charge < -0.3 is 5.32 Å². The molecule has 0 heterocycles. The normalized spacial score (nSPS) is 12.2. The number of nitrogens with zero attached hydrogens (tertiary/aromatic N) is 1. The van der Waals surface area contributed by atoms with Gasteiger partial charge in [-0.05, 0) is 47.0 Å². The molecule has 1 aromatic carbocycles. The predicted molar refractivity (Wildman–Crippen MR) is 76.0 cm³/mol. The molecule has 0 bridgehead atoms. The Kier molecular flexibility index (Phi) is 5.50. The van der Waals surface area contributed by atoms with E-state index in [9.17, 15) is 0 Å². The Bertz CT molecular complexity index is 405. The van der Waals surface area contributed by atoms with Crippen molar-refractivity contribution >= 4 is 21.6 Å². The minimum absolute atomic E-state index is 0.439. The van der Waals surface area contributed by atoms with Gasteiger partial charge in [0.25, 0.3) is 0 Å². The van der Waals surface area contributed by atoms with Gasteiger partial charge in [0, 0.05) is 16.2 Å². The van der Waals surface area contributed by atoms with Gasteiger partial charge >= 0.3 is 0 Å². The molecule has 1 atom stereocenters. The third-order valence-electron chi connectivity index (χ3n) is 3.24. The molecule has 0 radical (unpaired) electrons. The van der Waals surface area contributed by atoms with Crippen molar-refractivity contribution < 1.29 is 0 Å². The van der Waals surface area contributed by atoms with Crippen LogP contribution < -0.4 is 5.32 Å². The number of benzene rings is 1. The number of anilines is 1. The molecule has 0 spiro atoms. The fourth-order valence-electron chi connectivity index (χ4n) is 2.06. The largest absolute Gasteiger partial charge is 0.381 e. The molecule has 3 heteroatoms. The first-order valence-electron chi connectivity index (χ1n) is 6.08. The standard InChI is InChI=1S/C14H19BrN2/c1-4-12(5-2)10(3)17-14-7-6-11(9-16)8-13(14)15/h6-8,10,12,17H,4-5H2,1-3H3. The van der Waals surface area contributed by atoms with Crippen molar-refractivity contribution in [2.45, 2.75) is 39.7 Å². The molecular formula is C14H19BrN2. The van der Waals surface area contributed by atoms with Crippen molar-refractivity contribution in [1.29, 1.82) is 5.26 Å². The molecule has 0 aromatic heterocycles. The quantitative estimate of drug-likeness (QED) is 0.864. The number of nitriles is 1. The van der Waals surface area contributed by atoms with E-state index in [0.717, 1.165) is 10.2 Å². The second-order valence-electron chi connectivity index (χ2n) is 4.32. The zero-order valence-electron chi connectivity index (χ0n) is 10.6. The summed E-state index contributed by atoms with van der Waals surface area (Å²) in [5.74, 6) is 0.678. The van der Waals surface area contributed by atoms with Crippen LogP contribution in [0.2, 0.25) is 0 Å². The molecule has 2 nitrogen and oxygen atoms in total. The van der Waals surface area contributed by atoms with Crippen LogP contribution in [0.1, 0.15) is 39.2 Å². The van der Waals surface area contributed by atoms with E-state index in [4.69, 9.17) is 5.26 Å². The van der Waals surface area contributed by atoms with Crippen molar-refractivity contribution in [2.75, 3.05) is 5.32 Å². The zero-order chi connectivity index (χ0) is 12.8. The smallest absolute Gasteiger partial charge is 0.0992 e. The topological polar surface area (TPSA) is 35.8 Å². The Morgan fingerprint density at radius 2 is 2.00 bits per heavy atom. The maximum absolute atomic E-state index is 8.81. The monoisotopic (exact) mass is 294 g/mol.